The lowest BCUT2D eigenvalue weighted by Gasteiger charge is -2.29. The number of rotatable bonds is 11. The van der Waals surface area contributed by atoms with Crippen LogP contribution in [0.15, 0.2) is 78.9 Å². The van der Waals surface area contributed by atoms with Gasteiger partial charge in [-0.25, -0.2) is 0 Å². The van der Waals surface area contributed by atoms with Crippen molar-refractivity contribution in [3.63, 3.8) is 0 Å². The van der Waals surface area contributed by atoms with Crippen molar-refractivity contribution in [2.24, 2.45) is 0 Å². The predicted molar refractivity (Wildman–Crippen MR) is 137 cm³/mol. The van der Waals surface area contributed by atoms with Crippen LogP contribution >= 0.6 is 23.2 Å². The van der Waals surface area contributed by atoms with Gasteiger partial charge in [-0.2, -0.15) is 0 Å². The molecule has 0 saturated carbocycles. The normalized spacial score (nSPS) is 11.0. The number of ether oxygens (including phenoxy) is 1. The highest BCUT2D eigenvalue weighted by molar-refractivity contribution is 6.42. The number of carbonyl (C=O) groups excluding carboxylic acids is 2. The first kappa shape index (κ1) is 25.6. The van der Waals surface area contributed by atoms with E-state index in [1.807, 2.05) is 67.6 Å². The maximum Gasteiger partial charge on any atom is 0.257 e. The van der Waals surface area contributed by atoms with Crippen LogP contribution in [0.2, 0.25) is 10.0 Å². The molecule has 178 valence electrons. The van der Waals surface area contributed by atoms with Crippen molar-refractivity contribution in [1.82, 2.24) is 10.6 Å². The Labute approximate surface area is 210 Å². The third-order valence-corrected chi connectivity index (χ3v) is 6.37. The first-order valence-corrected chi connectivity index (χ1v) is 11.9. The molecular weight excluding hydrogens is 471 g/mol. The number of halogens is 2. The van der Waals surface area contributed by atoms with Crippen LogP contribution in [-0.2, 0) is 15.0 Å². The fourth-order valence-electron chi connectivity index (χ4n) is 3.59. The number of unbranched alkanes of at least 4 members (excludes halogenated alkanes) is 1. The van der Waals surface area contributed by atoms with E-state index in [4.69, 9.17) is 27.9 Å². The van der Waals surface area contributed by atoms with Gasteiger partial charge in [0, 0.05) is 19.2 Å². The monoisotopic (exact) mass is 498 g/mol. The minimum atomic E-state index is -0.793. The maximum atomic E-state index is 13.3. The Morgan fingerprint density at radius 1 is 0.794 bits per heavy atom. The van der Waals surface area contributed by atoms with E-state index >= 15 is 0 Å². The van der Waals surface area contributed by atoms with E-state index in [1.54, 1.807) is 18.2 Å². The van der Waals surface area contributed by atoms with Crippen molar-refractivity contribution in [2.75, 3.05) is 19.7 Å². The Balaban J connectivity index is 1.42. The van der Waals surface area contributed by atoms with Gasteiger partial charge in [0.1, 0.15) is 5.75 Å². The molecule has 0 radical (unpaired) electrons. The summed E-state index contributed by atoms with van der Waals surface area (Å²) >= 11 is 11.8. The molecule has 7 heteroatoms. The first-order chi connectivity index (χ1) is 16.4. The lowest BCUT2D eigenvalue weighted by atomic mass is 9.75. The molecule has 34 heavy (non-hydrogen) atoms. The van der Waals surface area contributed by atoms with E-state index in [1.165, 1.54) is 0 Å². The van der Waals surface area contributed by atoms with Crippen molar-refractivity contribution in [2.45, 2.75) is 25.2 Å². The average molecular weight is 499 g/mol. The van der Waals surface area contributed by atoms with Crippen molar-refractivity contribution in [3.8, 4) is 5.75 Å². The molecule has 0 aliphatic rings. The Morgan fingerprint density at radius 3 is 1.91 bits per heavy atom. The predicted octanol–water partition coefficient (Wildman–Crippen LogP) is 5.39. The second-order valence-corrected chi connectivity index (χ2v) is 8.85. The molecule has 3 aromatic rings. The zero-order chi connectivity index (χ0) is 24.4. The van der Waals surface area contributed by atoms with Crippen LogP contribution in [0.4, 0.5) is 0 Å². The zero-order valence-electron chi connectivity index (χ0n) is 19.0. The van der Waals surface area contributed by atoms with E-state index in [2.05, 4.69) is 10.6 Å². The number of carbonyl (C=O) groups is 2. The summed E-state index contributed by atoms with van der Waals surface area (Å²) in [7, 11) is 0. The molecule has 0 bridgehead atoms. The molecule has 3 rings (SSSR count). The summed E-state index contributed by atoms with van der Waals surface area (Å²) in [6, 6.07) is 24.4. The van der Waals surface area contributed by atoms with Gasteiger partial charge in [0.15, 0.2) is 6.61 Å². The molecule has 0 atom stereocenters. The highest BCUT2D eigenvalue weighted by atomic mass is 35.5. The molecule has 0 unspecified atom stereocenters. The lowest BCUT2D eigenvalue weighted by molar-refractivity contribution is -0.125. The Morgan fingerprint density at radius 2 is 1.35 bits per heavy atom. The molecule has 3 aromatic carbocycles. The first-order valence-electron chi connectivity index (χ1n) is 11.1. The van der Waals surface area contributed by atoms with Gasteiger partial charge in [-0.1, -0.05) is 83.9 Å². The lowest BCUT2D eigenvalue weighted by Crippen LogP contribution is -2.43. The number of hydrogen-bond acceptors (Lipinski definition) is 3. The van der Waals surface area contributed by atoms with Crippen LogP contribution in [0.3, 0.4) is 0 Å². The van der Waals surface area contributed by atoms with E-state index in [9.17, 15) is 9.59 Å². The van der Waals surface area contributed by atoms with Gasteiger partial charge < -0.3 is 15.4 Å². The minimum absolute atomic E-state index is 0.0519. The average Bonchev–Trinajstić information content (AvgIpc) is 2.87. The van der Waals surface area contributed by atoms with Crippen molar-refractivity contribution in [1.29, 1.82) is 0 Å². The van der Waals surface area contributed by atoms with Crippen molar-refractivity contribution >= 4 is 35.0 Å². The highest BCUT2D eigenvalue weighted by Crippen LogP contribution is 2.32. The molecular formula is C27H28Cl2N2O3. The Kier molecular flexibility index (Phi) is 9.37. The van der Waals surface area contributed by atoms with Crippen molar-refractivity contribution < 1.29 is 14.3 Å². The van der Waals surface area contributed by atoms with Crippen molar-refractivity contribution in [3.05, 3.63) is 100 Å². The zero-order valence-corrected chi connectivity index (χ0v) is 20.5. The van der Waals surface area contributed by atoms with E-state index < -0.39 is 5.41 Å². The van der Waals surface area contributed by atoms with Crippen LogP contribution in [0.25, 0.3) is 0 Å². The summed E-state index contributed by atoms with van der Waals surface area (Å²) in [6.45, 7) is 2.85. The Bertz CT molecular complexity index is 1050. The molecule has 0 aromatic heterocycles. The summed E-state index contributed by atoms with van der Waals surface area (Å²) in [5.41, 5.74) is 1.08. The molecule has 0 fully saturated rings. The second kappa shape index (κ2) is 12.4. The molecule has 0 spiro atoms. The van der Waals surface area contributed by atoms with E-state index in [0.717, 1.165) is 24.0 Å². The summed E-state index contributed by atoms with van der Waals surface area (Å²) in [5, 5.41) is 6.68. The van der Waals surface area contributed by atoms with Gasteiger partial charge >= 0.3 is 0 Å². The maximum absolute atomic E-state index is 13.3. The summed E-state index contributed by atoms with van der Waals surface area (Å²) < 4.78 is 5.42. The SMILES string of the molecule is CC(C(=O)NCCCCNC(=O)COc1ccc(Cl)c(Cl)c1)(c1ccccc1)c1ccccc1. The van der Waals surface area contributed by atoms with Gasteiger partial charge in [-0.15, -0.1) is 0 Å². The van der Waals surface area contributed by atoms with E-state index in [-0.39, 0.29) is 18.4 Å². The topological polar surface area (TPSA) is 67.4 Å². The van der Waals surface area contributed by atoms with Gasteiger partial charge in [-0.05, 0) is 43.0 Å². The molecule has 2 N–H and O–H groups in total. The number of amides is 2. The molecule has 0 heterocycles. The fraction of sp³-hybridized carbons (Fsp3) is 0.259. The third kappa shape index (κ3) is 6.75. The van der Waals surface area contributed by atoms with E-state index in [0.29, 0.717) is 28.9 Å². The van der Waals surface area contributed by atoms with Crippen LogP contribution < -0.4 is 15.4 Å². The minimum Gasteiger partial charge on any atom is -0.484 e. The number of benzene rings is 3. The van der Waals surface area contributed by atoms with Gasteiger partial charge in [-0.3, -0.25) is 9.59 Å². The van der Waals surface area contributed by atoms with Crippen LogP contribution in [-0.4, -0.2) is 31.5 Å². The molecule has 0 aliphatic carbocycles. The quantitative estimate of drug-likeness (QED) is 0.348. The number of nitrogens with one attached hydrogen (secondary N) is 2. The van der Waals surface area contributed by atoms with Crippen LogP contribution in [0.1, 0.15) is 30.9 Å². The number of hydrogen-bond donors (Lipinski definition) is 2. The molecule has 0 saturated heterocycles. The third-order valence-electron chi connectivity index (χ3n) is 5.63. The van der Waals surface area contributed by atoms with Crippen LogP contribution in [0.5, 0.6) is 5.75 Å². The molecule has 2 amide bonds. The van der Waals surface area contributed by atoms with Crippen LogP contribution in [0, 0.1) is 0 Å². The second-order valence-electron chi connectivity index (χ2n) is 8.03. The highest BCUT2D eigenvalue weighted by Gasteiger charge is 2.36. The molecule has 5 nitrogen and oxygen atoms in total. The summed E-state index contributed by atoms with van der Waals surface area (Å²) in [6.07, 6.45) is 1.46. The summed E-state index contributed by atoms with van der Waals surface area (Å²) in [5.74, 6) is 0.201. The Hall–Kier alpha value is -3.02. The van der Waals surface area contributed by atoms with Gasteiger partial charge in [0.05, 0.1) is 15.5 Å². The largest absolute Gasteiger partial charge is 0.484 e. The summed E-state index contributed by atoms with van der Waals surface area (Å²) in [4.78, 5) is 25.2. The standard InChI is InChI=1S/C27H28Cl2N2O3/c1-27(20-10-4-2-5-11-20,21-12-6-3-7-13-21)26(33)31-17-9-8-16-30-25(32)19-34-22-14-15-23(28)24(29)18-22/h2-7,10-15,18H,8-9,16-17,19H2,1H3,(H,30,32)(H,31,33). The van der Waals surface area contributed by atoms with Gasteiger partial charge in [0.25, 0.3) is 5.91 Å². The fourth-order valence-corrected chi connectivity index (χ4v) is 3.88. The molecule has 0 aliphatic heterocycles. The smallest absolute Gasteiger partial charge is 0.257 e. The van der Waals surface area contributed by atoms with Gasteiger partial charge in [0.2, 0.25) is 5.91 Å².